The highest BCUT2D eigenvalue weighted by Gasteiger charge is 2.20. The van der Waals surface area contributed by atoms with Gasteiger partial charge in [-0.1, -0.05) is 13.8 Å². The van der Waals surface area contributed by atoms with Crippen LogP contribution in [-0.2, 0) is 10.0 Å². The standard InChI is InChI=1S/C9H21ClN2O2S/c1-8(2)9(7-12(3)4)11-15(13,14)6-5-10/h8-9,11H,5-7H2,1-4H3. The topological polar surface area (TPSA) is 49.4 Å². The Morgan fingerprint density at radius 1 is 1.33 bits per heavy atom. The van der Waals surface area contributed by atoms with Gasteiger partial charge >= 0.3 is 0 Å². The van der Waals surface area contributed by atoms with E-state index in [4.69, 9.17) is 11.6 Å². The van der Waals surface area contributed by atoms with Crippen molar-refractivity contribution in [2.45, 2.75) is 19.9 Å². The molecule has 0 heterocycles. The van der Waals surface area contributed by atoms with Crippen molar-refractivity contribution in [3.8, 4) is 0 Å². The Bertz CT molecular complexity index is 265. The van der Waals surface area contributed by atoms with E-state index in [1.54, 1.807) is 0 Å². The Balaban J connectivity index is 4.41. The molecule has 0 aromatic rings. The second-order valence-corrected chi connectivity index (χ2v) is 6.49. The maximum absolute atomic E-state index is 11.5. The molecule has 0 fully saturated rings. The third-order valence-corrected chi connectivity index (χ3v) is 3.86. The van der Waals surface area contributed by atoms with Gasteiger partial charge in [0.25, 0.3) is 0 Å². The highest BCUT2D eigenvalue weighted by molar-refractivity contribution is 7.89. The minimum Gasteiger partial charge on any atom is -0.308 e. The molecule has 4 nitrogen and oxygen atoms in total. The number of hydrogen-bond donors (Lipinski definition) is 1. The summed E-state index contributed by atoms with van der Waals surface area (Å²) in [5, 5.41) is 0. The molecule has 0 aromatic heterocycles. The van der Waals surface area contributed by atoms with Gasteiger partial charge in [0.2, 0.25) is 10.0 Å². The van der Waals surface area contributed by atoms with Gasteiger partial charge in [0.15, 0.2) is 0 Å². The summed E-state index contributed by atoms with van der Waals surface area (Å²) in [5.41, 5.74) is 0. The summed E-state index contributed by atoms with van der Waals surface area (Å²) in [6.07, 6.45) is 0. The smallest absolute Gasteiger partial charge is 0.213 e. The minimum absolute atomic E-state index is 0.0226. The molecule has 6 heteroatoms. The third kappa shape index (κ3) is 7.11. The lowest BCUT2D eigenvalue weighted by Gasteiger charge is -2.25. The average Bonchev–Trinajstić information content (AvgIpc) is 2.00. The number of hydrogen-bond acceptors (Lipinski definition) is 3. The van der Waals surface area contributed by atoms with Crippen LogP contribution < -0.4 is 4.72 Å². The Labute approximate surface area is 98.0 Å². The summed E-state index contributed by atoms with van der Waals surface area (Å²) in [7, 11) is 0.614. The molecule has 0 radical (unpaired) electrons. The Morgan fingerprint density at radius 2 is 1.87 bits per heavy atom. The zero-order valence-corrected chi connectivity index (χ0v) is 11.4. The molecule has 0 amide bonds. The average molecular weight is 257 g/mol. The quantitative estimate of drug-likeness (QED) is 0.684. The molecule has 0 spiro atoms. The van der Waals surface area contributed by atoms with Crippen molar-refractivity contribution >= 4 is 21.6 Å². The molecule has 0 aromatic carbocycles. The molecule has 1 N–H and O–H groups in total. The normalized spacial score (nSPS) is 14.9. The van der Waals surface area contributed by atoms with Crippen molar-refractivity contribution in [1.82, 2.24) is 9.62 Å². The van der Waals surface area contributed by atoms with Crippen molar-refractivity contribution in [1.29, 1.82) is 0 Å². The van der Waals surface area contributed by atoms with E-state index < -0.39 is 10.0 Å². The Morgan fingerprint density at radius 3 is 2.20 bits per heavy atom. The van der Waals surface area contributed by atoms with E-state index in [0.717, 1.165) is 0 Å². The summed E-state index contributed by atoms with van der Waals surface area (Å²) < 4.78 is 25.7. The van der Waals surface area contributed by atoms with Crippen LogP contribution >= 0.6 is 11.6 Å². The van der Waals surface area contributed by atoms with E-state index in [-0.39, 0.29) is 23.6 Å². The number of sulfonamides is 1. The van der Waals surface area contributed by atoms with Crippen molar-refractivity contribution < 1.29 is 8.42 Å². The van der Waals surface area contributed by atoms with Crippen LogP contribution in [0.4, 0.5) is 0 Å². The van der Waals surface area contributed by atoms with Gasteiger partial charge in [-0.25, -0.2) is 13.1 Å². The van der Waals surface area contributed by atoms with Gasteiger partial charge in [-0.05, 0) is 20.0 Å². The molecular formula is C9H21ClN2O2S. The van der Waals surface area contributed by atoms with Crippen LogP contribution in [0.25, 0.3) is 0 Å². The Kier molecular flexibility index (Phi) is 6.75. The maximum Gasteiger partial charge on any atom is 0.213 e. The van der Waals surface area contributed by atoms with E-state index in [2.05, 4.69) is 4.72 Å². The fourth-order valence-electron chi connectivity index (χ4n) is 1.17. The SMILES string of the molecule is CC(C)C(CN(C)C)NS(=O)(=O)CCCl. The van der Waals surface area contributed by atoms with E-state index in [1.165, 1.54) is 0 Å². The summed E-state index contributed by atoms with van der Waals surface area (Å²) in [6, 6.07) is -0.0618. The maximum atomic E-state index is 11.5. The summed E-state index contributed by atoms with van der Waals surface area (Å²) in [5.74, 6) is 0.366. The van der Waals surface area contributed by atoms with E-state index in [9.17, 15) is 8.42 Å². The number of halogens is 1. The van der Waals surface area contributed by atoms with E-state index in [1.807, 2.05) is 32.8 Å². The van der Waals surface area contributed by atoms with Crippen LogP contribution in [0.1, 0.15) is 13.8 Å². The lowest BCUT2D eigenvalue weighted by Crippen LogP contribution is -2.45. The van der Waals surface area contributed by atoms with Gasteiger partial charge < -0.3 is 4.90 Å². The van der Waals surface area contributed by atoms with Crippen LogP contribution in [0.2, 0.25) is 0 Å². The van der Waals surface area contributed by atoms with Crippen LogP contribution in [0, 0.1) is 5.92 Å². The van der Waals surface area contributed by atoms with Crippen LogP contribution in [-0.4, -0.2) is 51.6 Å². The number of alkyl halides is 1. The molecule has 0 saturated carbocycles. The molecule has 0 aliphatic carbocycles. The number of nitrogens with one attached hydrogen (secondary N) is 1. The van der Waals surface area contributed by atoms with Crippen molar-refractivity contribution in [3.05, 3.63) is 0 Å². The van der Waals surface area contributed by atoms with Gasteiger partial charge in [0.05, 0.1) is 5.75 Å². The van der Waals surface area contributed by atoms with Gasteiger partial charge in [-0.15, -0.1) is 11.6 Å². The molecule has 0 saturated heterocycles. The monoisotopic (exact) mass is 256 g/mol. The molecule has 0 aliphatic rings. The highest BCUT2D eigenvalue weighted by atomic mass is 35.5. The van der Waals surface area contributed by atoms with Crippen molar-refractivity contribution in [2.24, 2.45) is 5.92 Å². The van der Waals surface area contributed by atoms with Gasteiger partial charge in [0.1, 0.15) is 0 Å². The van der Waals surface area contributed by atoms with Crippen molar-refractivity contribution in [2.75, 3.05) is 32.3 Å². The molecule has 15 heavy (non-hydrogen) atoms. The van der Waals surface area contributed by atoms with E-state index >= 15 is 0 Å². The minimum atomic E-state index is -3.23. The summed E-state index contributed by atoms with van der Waals surface area (Å²) in [6.45, 7) is 4.69. The lowest BCUT2D eigenvalue weighted by atomic mass is 10.1. The van der Waals surface area contributed by atoms with Crippen LogP contribution in [0.5, 0.6) is 0 Å². The first-order valence-corrected chi connectivity index (χ1v) is 7.18. The van der Waals surface area contributed by atoms with Gasteiger partial charge in [-0.2, -0.15) is 0 Å². The van der Waals surface area contributed by atoms with Gasteiger partial charge in [-0.3, -0.25) is 0 Å². The first-order chi connectivity index (χ1) is 6.78. The molecule has 0 aliphatic heterocycles. The largest absolute Gasteiger partial charge is 0.308 e. The first kappa shape index (κ1) is 15.2. The predicted molar refractivity (Wildman–Crippen MR) is 64.8 cm³/mol. The predicted octanol–water partition coefficient (Wildman–Crippen LogP) is 0.731. The molecule has 92 valence electrons. The van der Waals surface area contributed by atoms with Gasteiger partial charge in [0, 0.05) is 18.5 Å². The summed E-state index contributed by atoms with van der Waals surface area (Å²) in [4.78, 5) is 1.97. The molecule has 0 rings (SSSR count). The highest BCUT2D eigenvalue weighted by Crippen LogP contribution is 2.04. The zero-order valence-electron chi connectivity index (χ0n) is 9.83. The van der Waals surface area contributed by atoms with Crippen LogP contribution in [0.15, 0.2) is 0 Å². The summed E-state index contributed by atoms with van der Waals surface area (Å²) >= 11 is 5.43. The molecule has 1 atom stereocenters. The molecule has 1 unspecified atom stereocenters. The second-order valence-electron chi connectivity index (χ2n) is 4.24. The third-order valence-electron chi connectivity index (χ3n) is 2.04. The number of likely N-dealkylation sites (N-methyl/N-ethyl adjacent to an activating group) is 1. The first-order valence-electron chi connectivity index (χ1n) is 4.99. The number of nitrogens with zero attached hydrogens (tertiary/aromatic N) is 1. The fraction of sp³-hybridized carbons (Fsp3) is 1.00. The number of rotatable bonds is 7. The molecule has 0 bridgehead atoms. The molecular weight excluding hydrogens is 236 g/mol. The zero-order chi connectivity index (χ0) is 12.1. The second kappa shape index (κ2) is 6.68. The Hall–Kier alpha value is 0.160. The lowest BCUT2D eigenvalue weighted by molar-refractivity contribution is 0.314. The van der Waals surface area contributed by atoms with Crippen molar-refractivity contribution in [3.63, 3.8) is 0 Å². The fourth-order valence-corrected chi connectivity index (χ4v) is 2.91. The van der Waals surface area contributed by atoms with Crippen LogP contribution in [0.3, 0.4) is 0 Å². The van der Waals surface area contributed by atoms with E-state index in [0.29, 0.717) is 6.54 Å².